The molecule has 3 heteroatoms. The van der Waals surface area contributed by atoms with Crippen LogP contribution in [0.4, 0.5) is 0 Å². The Morgan fingerprint density at radius 2 is 2.00 bits per heavy atom. The summed E-state index contributed by atoms with van der Waals surface area (Å²) in [7, 11) is 0. The summed E-state index contributed by atoms with van der Waals surface area (Å²) < 4.78 is 0. The first-order valence-electron chi connectivity index (χ1n) is 12.4. The van der Waals surface area contributed by atoms with Crippen LogP contribution < -0.4 is 0 Å². The van der Waals surface area contributed by atoms with Crippen molar-refractivity contribution >= 4 is 11.3 Å². The molecule has 3 saturated carbocycles. The molecule has 0 aromatic carbocycles. The number of allylic oxidation sites excluding steroid dienone is 1. The average Bonchev–Trinajstić information content (AvgIpc) is 3.35. The van der Waals surface area contributed by atoms with Gasteiger partial charge in [0.1, 0.15) is 0 Å². The van der Waals surface area contributed by atoms with E-state index in [9.17, 15) is 10.2 Å². The van der Waals surface area contributed by atoms with Gasteiger partial charge in [-0.3, -0.25) is 0 Å². The molecule has 4 aliphatic rings. The lowest BCUT2D eigenvalue weighted by Crippen LogP contribution is -2.53. The maximum Gasteiger partial charge on any atom is 0.0768 e. The van der Waals surface area contributed by atoms with Gasteiger partial charge in [0.25, 0.3) is 0 Å². The minimum atomic E-state index is -0.727. The van der Waals surface area contributed by atoms with Gasteiger partial charge in [0.2, 0.25) is 0 Å². The van der Waals surface area contributed by atoms with E-state index in [0.29, 0.717) is 18.3 Å². The summed E-state index contributed by atoms with van der Waals surface area (Å²) in [6.45, 7) is 7.02. The molecular weight excluding hydrogens is 400 g/mol. The van der Waals surface area contributed by atoms with E-state index < -0.39 is 5.60 Å². The molecule has 168 valence electrons. The summed E-state index contributed by atoms with van der Waals surface area (Å²) in [4.78, 5) is 1.09. The normalized spacial score (nSPS) is 43.5. The zero-order chi connectivity index (χ0) is 21.9. The second-order valence-corrected chi connectivity index (χ2v) is 12.6. The fourth-order valence-electron chi connectivity index (χ4n) is 8.45. The lowest BCUT2D eigenvalue weighted by Gasteiger charge is -2.58. The Balaban J connectivity index is 1.36. The number of aliphatic hydroxyl groups is 2. The third-order valence-electron chi connectivity index (χ3n) is 10.0. The van der Waals surface area contributed by atoms with E-state index >= 15 is 0 Å². The second kappa shape index (κ2) is 7.75. The largest absolute Gasteiger partial charge is 0.393 e. The van der Waals surface area contributed by atoms with Crippen LogP contribution in [0.5, 0.6) is 0 Å². The maximum absolute atomic E-state index is 11.6. The molecule has 8 atom stereocenters. The van der Waals surface area contributed by atoms with Crippen molar-refractivity contribution in [3.8, 4) is 11.8 Å². The zero-order valence-corrected chi connectivity index (χ0v) is 20.2. The van der Waals surface area contributed by atoms with Crippen molar-refractivity contribution < 1.29 is 10.2 Å². The van der Waals surface area contributed by atoms with Gasteiger partial charge < -0.3 is 10.2 Å². The van der Waals surface area contributed by atoms with Gasteiger partial charge in [-0.05, 0) is 104 Å². The van der Waals surface area contributed by atoms with Crippen LogP contribution in [0.15, 0.2) is 29.2 Å². The SMILES string of the molecule is C[C@]12CCC3C(CC=C4C[C@@H](O)CC[C@@]43C)C1CCC2[C@@](C)(O)CC#Cc1cccs1. The van der Waals surface area contributed by atoms with Crippen molar-refractivity contribution in [3.63, 3.8) is 0 Å². The second-order valence-electron chi connectivity index (χ2n) is 11.6. The molecular formula is C28H38O2S. The van der Waals surface area contributed by atoms with Gasteiger partial charge in [0, 0.05) is 6.42 Å². The predicted molar refractivity (Wildman–Crippen MR) is 128 cm³/mol. The molecule has 3 fully saturated rings. The third-order valence-corrected chi connectivity index (χ3v) is 10.8. The minimum absolute atomic E-state index is 0.133. The molecule has 31 heavy (non-hydrogen) atoms. The number of thiophene rings is 1. The number of aliphatic hydroxyl groups excluding tert-OH is 1. The van der Waals surface area contributed by atoms with E-state index in [4.69, 9.17) is 0 Å². The molecule has 2 nitrogen and oxygen atoms in total. The summed E-state index contributed by atoms with van der Waals surface area (Å²) in [6, 6.07) is 4.09. The van der Waals surface area contributed by atoms with Crippen LogP contribution in [0.2, 0.25) is 0 Å². The first-order chi connectivity index (χ1) is 14.7. The van der Waals surface area contributed by atoms with Crippen LogP contribution in [0.25, 0.3) is 0 Å². The van der Waals surface area contributed by atoms with Crippen molar-refractivity contribution in [3.05, 3.63) is 34.0 Å². The van der Waals surface area contributed by atoms with Crippen molar-refractivity contribution in [2.75, 3.05) is 0 Å². The topological polar surface area (TPSA) is 40.5 Å². The van der Waals surface area contributed by atoms with Gasteiger partial charge in [-0.1, -0.05) is 43.4 Å². The Morgan fingerprint density at radius 1 is 1.16 bits per heavy atom. The Morgan fingerprint density at radius 3 is 2.77 bits per heavy atom. The van der Waals surface area contributed by atoms with Crippen LogP contribution in [0, 0.1) is 46.3 Å². The molecule has 2 N–H and O–H groups in total. The van der Waals surface area contributed by atoms with Crippen molar-refractivity contribution in [1.82, 2.24) is 0 Å². The smallest absolute Gasteiger partial charge is 0.0768 e. The van der Waals surface area contributed by atoms with E-state index in [1.807, 2.05) is 13.0 Å². The molecule has 4 aliphatic carbocycles. The number of rotatable bonds is 2. The van der Waals surface area contributed by atoms with Crippen LogP contribution in [-0.2, 0) is 0 Å². The monoisotopic (exact) mass is 438 g/mol. The molecule has 5 rings (SSSR count). The Labute approximate surface area is 192 Å². The van der Waals surface area contributed by atoms with Crippen LogP contribution >= 0.6 is 11.3 Å². The van der Waals surface area contributed by atoms with Gasteiger partial charge in [-0.15, -0.1) is 11.3 Å². The maximum atomic E-state index is 11.6. The molecule has 0 spiro atoms. The van der Waals surface area contributed by atoms with E-state index in [1.165, 1.54) is 25.7 Å². The molecule has 0 saturated heterocycles. The summed E-state index contributed by atoms with van der Waals surface area (Å²) in [5.74, 6) is 9.07. The van der Waals surface area contributed by atoms with Crippen molar-refractivity contribution in [1.29, 1.82) is 0 Å². The molecule has 1 heterocycles. The van der Waals surface area contributed by atoms with E-state index in [0.717, 1.165) is 42.4 Å². The Hall–Kier alpha value is -1.08. The summed E-state index contributed by atoms with van der Waals surface area (Å²) in [5.41, 5.74) is 1.32. The highest BCUT2D eigenvalue weighted by Gasteiger charge is 2.61. The van der Waals surface area contributed by atoms with E-state index in [1.54, 1.807) is 16.9 Å². The van der Waals surface area contributed by atoms with Crippen molar-refractivity contribution in [2.45, 2.75) is 90.3 Å². The fourth-order valence-corrected chi connectivity index (χ4v) is 9.04. The van der Waals surface area contributed by atoms with Gasteiger partial charge in [0.15, 0.2) is 0 Å². The summed E-state index contributed by atoms with van der Waals surface area (Å²) >= 11 is 1.67. The summed E-state index contributed by atoms with van der Waals surface area (Å²) in [5, 5.41) is 23.9. The van der Waals surface area contributed by atoms with Crippen LogP contribution in [0.1, 0.15) is 83.4 Å². The molecule has 0 bridgehead atoms. The molecule has 1 aromatic heterocycles. The van der Waals surface area contributed by atoms with E-state index in [-0.39, 0.29) is 16.9 Å². The highest BCUT2D eigenvalue weighted by atomic mass is 32.1. The highest BCUT2D eigenvalue weighted by Crippen LogP contribution is 2.67. The Bertz CT molecular complexity index is 903. The standard InChI is InChI=1S/C28H38O2S/c1-26-15-12-20(29)18-19(26)8-9-22-23-10-11-25(27(23,2)16-13-24(22)26)28(3,30)14-4-6-21-7-5-17-31-21/h5,7-8,17,20,22-25,29-30H,9-16,18H2,1-3H3/t20-,22?,23?,24?,25?,26-,27-,28-/m0/s1. The first kappa shape index (κ1) is 21.7. The highest BCUT2D eigenvalue weighted by molar-refractivity contribution is 7.10. The van der Waals surface area contributed by atoms with E-state index in [2.05, 4.69) is 43.2 Å². The third kappa shape index (κ3) is 3.54. The van der Waals surface area contributed by atoms with Gasteiger partial charge in [-0.25, -0.2) is 0 Å². The molecule has 0 radical (unpaired) electrons. The Kier molecular flexibility index (Phi) is 5.44. The molecule has 0 amide bonds. The molecule has 1 aromatic rings. The summed E-state index contributed by atoms with van der Waals surface area (Å²) in [6.07, 6.45) is 12.0. The number of hydrogen-bond donors (Lipinski definition) is 2. The number of fused-ring (bicyclic) bond motifs is 5. The van der Waals surface area contributed by atoms with Gasteiger partial charge in [0.05, 0.1) is 16.6 Å². The predicted octanol–water partition coefficient (Wildman–Crippen LogP) is 6.18. The quantitative estimate of drug-likeness (QED) is 0.427. The number of hydrogen-bond acceptors (Lipinski definition) is 3. The first-order valence-corrected chi connectivity index (χ1v) is 13.2. The molecule has 0 aliphatic heterocycles. The average molecular weight is 439 g/mol. The van der Waals surface area contributed by atoms with Crippen LogP contribution in [0.3, 0.4) is 0 Å². The molecule has 4 unspecified atom stereocenters. The van der Waals surface area contributed by atoms with Gasteiger partial charge >= 0.3 is 0 Å². The minimum Gasteiger partial charge on any atom is -0.393 e. The van der Waals surface area contributed by atoms with Crippen LogP contribution in [-0.4, -0.2) is 21.9 Å². The van der Waals surface area contributed by atoms with Gasteiger partial charge in [-0.2, -0.15) is 0 Å². The lowest BCUT2D eigenvalue weighted by molar-refractivity contribution is -0.0997. The zero-order valence-electron chi connectivity index (χ0n) is 19.4. The van der Waals surface area contributed by atoms with Crippen molar-refractivity contribution in [2.24, 2.45) is 34.5 Å². The fraction of sp³-hybridized carbons (Fsp3) is 0.714. The lowest BCUT2D eigenvalue weighted by atomic mass is 9.46.